The molecule has 5 heteroatoms. The van der Waals surface area contributed by atoms with E-state index in [1.165, 1.54) is 6.20 Å². The molecule has 0 bridgehead atoms. The average Bonchev–Trinajstić information content (AvgIpc) is 2.45. The van der Waals surface area contributed by atoms with Crippen molar-refractivity contribution in [1.82, 2.24) is 4.98 Å². The quantitative estimate of drug-likeness (QED) is 0.852. The first-order valence-electron chi connectivity index (χ1n) is 6.00. The minimum Gasteiger partial charge on any atom is -0.481 e. The summed E-state index contributed by atoms with van der Waals surface area (Å²) in [6, 6.07) is 10.4. The Morgan fingerprint density at radius 3 is 2.55 bits per heavy atom. The maximum absolute atomic E-state index is 12.6. The number of aromatic nitrogens is 1. The van der Waals surface area contributed by atoms with Crippen LogP contribution in [0.3, 0.4) is 0 Å². The van der Waals surface area contributed by atoms with Crippen LogP contribution in [0.25, 0.3) is 0 Å². The number of rotatable bonds is 5. The van der Waals surface area contributed by atoms with E-state index in [-0.39, 0.29) is 12.2 Å². The van der Waals surface area contributed by atoms with Gasteiger partial charge in [0.05, 0.1) is 12.3 Å². The van der Waals surface area contributed by atoms with Gasteiger partial charge in [-0.05, 0) is 17.7 Å². The van der Waals surface area contributed by atoms with Crippen molar-refractivity contribution in [3.05, 3.63) is 64.4 Å². The molecular weight excluding hydrogens is 322 g/mol. The molecule has 2 aromatic rings. The fraction of sp³-hybridized carbons (Fsp3) is 0.133. The number of benzene rings is 1. The zero-order chi connectivity index (χ0) is 14.5. The van der Waals surface area contributed by atoms with Gasteiger partial charge < -0.3 is 5.11 Å². The lowest BCUT2D eigenvalue weighted by Crippen LogP contribution is -2.17. The van der Waals surface area contributed by atoms with Crippen LogP contribution in [0.5, 0.6) is 0 Å². The summed E-state index contributed by atoms with van der Waals surface area (Å²) in [5, 5.41) is 9.03. The highest BCUT2D eigenvalue weighted by atomic mass is 79.9. The normalized spacial score (nSPS) is 11.8. The molecule has 102 valence electrons. The fourth-order valence-electron chi connectivity index (χ4n) is 1.97. The summed E-state index contributed by atoms with van der Waals surface area (Å²) in [7, 11) is 0. The average molecular weight is 334 g/mol. The largest absolute Gasteiger partial charge is 0.481 e. The summed E-state index contributed by atoms with van der Waals surface area (Å²) >= 11 is 3.32. The standard InChI is InChI=1S/C15H12BrNO3/c16-13-6-2-1-5-11(13)15(20)12(8-14(18)19)10-4-3-7-17-9-10/h1-7,9,12H,8H2,(H,18,19). The van der Waals surface area contributed by atoms with E-state index in [1.807, 2.05) is 0 Å². The first kappa shape index (κ1) is 14.4. The molecule has 20 heavy (non-hydrogen) atoms. The smallest absolute Gasteiger partial charge is 0.304 e. The Bertz CT molecular complexity index is 628. The highest BCUT2D eigenvalue weighted by Gasteiger charge is 2.26. The summed E-state index contributed by atoms with van der Waals surface area (Å²) in [5.41, 5.74) is 1.08. The van der Waals surface area contributed by atoms with Crippen LogP contribution >= 0.6 is 15.9 Å². The maximum Gasteiger partial charge on any atom is 0.304 e. The van der Waals surface area contributed by atoms with Gasteiger partial charge in [-0.25, -0.2) is 0 Å². The van der Waals surface area contributed by atoms with Gasteiger partial charge >= 0.3 is 5.97 Å². The number of Topliss-reactive ketones (excluding diaryl/α,β-unsaturated/α-hetero) is 1. The Morgan fingerprint density at radius 2 is 1.95 bits per heavy atom. The molecule has 1 atom stereocenters. The maximum atomic E-state index is 12.6. The second-order valence-electron chi connectivity index (χ2n) is 4.28. The van der Waals surface area contributed by atoms with Crippen LogP contribution < -0.4 is 0 Å². The first-order chi connectivity index (χ1) is 9.59. The third-order valence-corrected chi connectivity index (χ3v) is 3.61. The Morgan fingerprint density at radius 1 is 1.20 bits per heavy atom. The fourth-order valence-corrected chi connectivity index (χ4v) is 2.45. The van der Waals surface area contributed by atoms with Gasteiger partial charge in [0, 0.05) is 22.4 Å². The number of halogens is 1. The van der Waals surface area contributed by atoms with Gasteiger partial charge in [-0.15, -0.1) is 0 Å². The van der Waals surface area contributed by atoms with Crippen LogP contribution in [-0.2, 0) is 4.79 Å². The van der Waals surface area contributed by atoms with Gasteiger partial charge in [-0.3, -0.25) is 14.6 Å². The Labute approximate surface area is 124 Å². The molecule has 1 N–H and O–H groups in total. The molecule has 0 aliphatic heterocycles. The minimum atomic E-state index is -1.01. The summed E-state index contributed by atoms with van der Waals surface area (Å²) in [4.78, 5) is 27.6. The third-order valence-electron chi connectivity index (χ3n) is 2.92. The molecule has 0 amide bonds. The highest BCUT2D eigenvalue weighted by molar-refractivity contribution is 9.10. The molecule has 0 saturated heterocycles. The van der Waals surface area contributed by atoms with Crippen molar-refractivity contribution < 1.29 is 14.7 Å². The molecule has 0 saturated carbocycles. The van der Waals surface area contributed by atoms with E-state index in [2.05, 4.69) is 20.9 Å². The van der Waals surface area contributed by atoms with Gasteiger partial charge in [0.15, 0.2) is 5.78 Å². The number of carboxylic acids is 1. The molecular formula is C15H12BrNO3. The number of carbonyl (C=O) groups is 2. The zero-order valence-corrected chi connectivity index (χ0v) is 12.1. The second kappa shape index (κ2) is 6.43. The van der Waals surface area contributed by atoms with Crippen LogP contribution in [0.4, 0.5) is 0 Å². The van der Waals surface area contributed by atoms with E-state index in [1.54, 1.807) is 42.6 Å². The molecule has 1 aromatic heterocycles. The highest BCUT2D eigenvalue weighted by Crippen LogP contribution is 2.27. The van der Waals surface area contributed by atoms with Crippen LogP contribution in [0, 0.1) is 0 Å². The predicted octanol–water partition coefficient (Wildman–Crippen LogP) is 3.29. The van der Waals surface area contributed by atoms with Crippen molar-refractivity contribution in [3.63, 3.8) is 0 Å². The predicted molar refractivity (Wildman–Crippen MR) is 77.7 cm³/mol. The first-order valence-corrected chi connectivity index (χ1v) is 6.79. The lowest BCUT2D eigenvalue weighted by Gasteiger charge is -2.14. The van der Waals surface area contributed by atoms with Gasteiger partial charge in [-0.2, -0.15) is 0 Å². The van der Waals surface area contributed by atoms with E-state index in [4.69, 9.17) is 5.11 Å². The molecule has 1 aromatic carbocycles. The van der Waals surface area contributed by atoms with Gasteiger partial charge in [-0.1, -0.05) is 40.2 Å². The van der Waals surface area contributed by atoms with Crippen molar-refractivity contribution in [3.8, 4) is 0 Å². The molecule has 4 nitrogen and oxygen atoms in total. The lowest BCUT2D eigenvalue weighted by molar-refractivity contribution is -0.137. The van der Waals surface area contributed by atoms with Crippen LogP contribution in [0.1, 0.15) is 28.3 Å². The third kappa shape index (κ3) is 3.30. The molecule has 0 radical (unpaired) electrons. The van der Waals surface area contributed by atoms with Crippen LogP contribution in [0.15, 0.2) is 53.3 Å². The van der Waals surface area contributed by atoms with Crippen molar-refractivity contribution in [1.29, 1.82) is 0 Å². The van der Waals surface area contributed by atoms with Crippen molar-refractivity contribution in [2.45, 2.75) is 12.3 Å². The van der Waals surface area contributed by atoms with Crippen molar-refractivity contribution in [2.24, 2.45) is 0 Å². The number of hydrogen-bond acceptors (Lipinski definition) is 3. The number of carboxylic acid groups (broad SMARTS) is 1. The summed E-state index contributed by atoms with van der Waals surface area (Å²) in [6.07, 6.45) is 2.86. The monoisotopic (exact) mass is 333 g/mol. The molecule has 1 unspecified atom stereocenters. The molecule has 0 fully saturated rings. The number of hydrogen-bond donors (Lipinski definition) is 1. The number of aliphatic carboxylic acids is 1. The van der Waals surface area contributed by atoms with Gasteiger partial charge in [0.25, 0.3) is 0 Å². The summed E-state index contributed by atoms with van der Waals surface area (Å²) < 4.78 is 0.657. The van der Waals surface area contributed by atoms with E-state index in [0.717, 1.165) is 0 Å². The zero-order valence-electron chi connectivity index (χ0n) is 10.5. The van der Waals surface area contributed by atoms with Crippen molar-refractivity contribution in [2.75, 3.05) is 0 Å². The Kier molecular flexibility index (Phi) is 4.63. The van der Waals surface area contributed by atoms with E-state index in [9.17, 15) is 9.59 Å². The minimum absolute atomic E-state index is 0.229. The van der Waals surface area contributed by atoms with Crippen molar-refractivity contribution >= 4 is 27.7 Å². The molecule has 0 aliphatic rings. The SMILES string of the molecule is O=C(O)CC(C(=O)c1ccccc1Br)c1cccnc1. The Hall–Kier alpha value is -2.01. The van der Waals surface area contributed by atoms with Crippen LogP contribution in [0.2, 0.25) is 0 Å². The van der Waals surface area contributed by atoms with Gasteiger partial charge in [0.1, 0.15) is 0 Å². The number of carbonyl (C=O) groups excluding carboxylic acids is 1. The topological polar surface area (TPSA) is 67.3 Å². The van der Waals surface area contributed by atoms with E-state index in [0.29, 0.717) is 15.6 Å². The summed E-state index contributed by atoms with van der Waals surface area (Å²) in [5.74, 6) is -1.98. The number of pyridine rings is 1. The molecule has 0 aliphatic carbocycles. The van der Waals surface area contributed by atoms with E-state index >= 15 is 0 Å². The lowest BCUT2D eigenvalue weighted by atomic mass is 9.89. The molecule has 0 spiro atoms. The Balaban J connectivity index is 2.40. The van der Waals surface area contributed by atoms with Gasteiger partial charge in [0.2, 0.25) is 0 Å². The number of ketones is 1. The molecule has 1 heterocycles. The van der Waals surface area contributed by atoms with Crippen LogP contribution in [-0.4, -0.2) is 21.8 Å². The second-order valence-corrected chi connectivity index (χ2v) is 5.14. The molecule has 2 rings (SSSR count). The van der Waals surface area contributed by atoms with E-state index < -0.39 is 11.9 Å². The summed E-state index contributed by atoms with van der Waals surface area (Å²) in [6.45, 7) is 0. The number of nitrogens with zero attached hydrogens (tertiary/aromatic N) is 1.